The smallest absolute Gasteiger partial charge is 0.220 e. The van der Waals surface area contributed by atoms with Gasteiger partial charge in [0.05, 0.1) is 18.8 Å². The van der Waals surface area contributed by atoms with E-state index in [1.54, 1.807) is 6.08 Å². The van der Waals surface area contributed by atoms with Gasteiger partial charge in [0.1, 0.15) is 0 Å². The molecule has 4 nitrogen and oxygen atoms in total. The zero-order valence-electron chi connectivity index (χ0n) is 38.3. The Morgan fingerprint density at radius 1 is 0.431 bits per heavy atom. The molecular weight excluding hydrogens is 711 g/mol. The second-order valence-electron chi connectivity index (χ2n) is 16.5. The number of allylic oxidation sites excluding steroid dienone is 13. The van der Waals surface area contributed by atoms with Gasteiger partial charge in [-0.25, -0.2) is 0 Å². The average Bonchev–Trinajstić information content (AvgIpc) is 3.23. The first-order valence-corrected chi connectivity index (χ1v) is 24.8. The van der Waals surface area contributed by atoms with E-state index >= 15 is 0 Å². The largest absolute Gasteiger partial charge is 0.394 e. The van der Waals surface area contributed by atoms with Crippen LogP contribution in [0.3, 0.4) is 0 Å². The summed E-state index contributed by atoms with van der Waals surface area (Å²) in [5.41, 5.74) is 0. The molecule has 0 radical (unpaired) electrons. The summed E-state index contributed by atoms with van der Waals surface area (Å²) in [4.78, 5) is 12.3. The van der Waals surface area contributed by atoms with Gasteiger partial charge < -0.3 is 15.5 Å². The molecule has 58 heavy (non-hydrogen) atoms. The fraction of sp³-hybridized carbons (Fsp3) is 0.722. The van der Waals surface area contributed by atoms with Crippen molar-refractivity contribution in [3.8, 4) is 0 Å². The van der Waals surface area contributed by atoms with Crippen molar-refractivity contribution in [2.24, 2.45) is 0 Å². The molecule has 0 aromatic rings. The summed E-state index contributed by atoms with van der Waals surface area (Å²) < 4.78 is 0. The van der Waals surface area contributed by atoms with E-state index in [2.05, 4.69) is 92.1 Å². The fourth-order valence-electron chi connectivity index (χ4n) is 7.12. The van der Waals surface area contributed by atoms with E-state index in [0.717, 1.165) is 64.2 Å². The summed E-state index contributed by atoms with van der Waals surface area (Å²) in [7, 11) is 0. The van der Waals surface area contributed by atoms with Crippen molar-refractivity contribution < 1.29 is 15.0 Å². The summed E-state index contributed by atoms with van der Waals surface area (Å²) in [6.07, 6.45) is 71.8. The van der Waals surface area contributed by atoms with Gasteiger partial charge in [0.2, 0.25) is 5.91 Å². The first-order chi connectivity index (χ1) is 28.7. The van der Waals surface area contributed by atoms with E-state index in [9.17, 15) is 15.0 Å². The number of aliphatic hydroxyl groups excluding tert-OH is 2. The van der Waals surface area contributed by atoms with Crippen LogP contribution in [-0.2, 0) is 4.79 Å². The van der Waals surface area contributed by atoms with Crippen LogP contribution in [0.5, 0.6) is 0 Å². The lowest BCUT2D eigenvalue weighted by molar-refractivity contribution is -0.123. The lowest BCUT2D eigenvalue weighted by Gasteiger charge is -2.20. The second kappa shape index (κ2) is 48.9. The number of carbonyl (C=O) groups excluding carboxylic acids is 1. The molecular formula is C54H95NO3. The lowest BCUT2D eigenvalue weighted by Crippen LogP contribution is -2.45. The van der Waals surface area contributed by atoms with Crippen LogP contribution in [0.4, 0.5) is 0 Å². The number of aliphatic hydroxyl groups is 2. The molecule has 0 fully saturated rings. The van der Waals surface area contributed by atoms with Crippen molar-refractivity contribution in [3.63, 3.8) is 0 Å². The number of rotatable bonds is 44. The summed E-state index contributed by atoms with van der Waals surface area (Å²) in [6, 6.07) is -0.620. The van der Waals surface area contributed by atoms with E-state index in [-0.39, 0.29) is 12.5 Å². The third kappa shape index (κ3) is 44.7. The molecule has 0 rings (SSSR count). The molecule has 0 aromatic heterocycles. The van der Waals surface area contributed by atoms with E-state index in [1.807, 2.05) is 6.08 Å². The van der Waals surface area contributed by atoms with Crippen LogP contribution in [0.1, 0.15) is 232 Å². The first-order valence-electron chi connectivity index (χ1n) is 24.8. The summed E-state index contributed by atoms with van der Waals surface area (Å²) >= 11 is 0. The topological polar surface area (TPSA) is 69.6 Å². The molecule has 0 aromatic carbocycles. The molecule has 0 heterocycles. The highest BCUT2D eigenvalue weighted by Gasteiger charge is 2.17. The highest BCUT2D eigenvalue weighted by Crippen LogP contribution is 2.16. The molecule has 0 aliphatic carbocycles. The van der Waals surface area contributed by atoms with Crippen LogP contribution >= 0.6 is 0 Å². The molecule has 0 bridgehead atoms. The Morgan fingerprint density at radius 3 is 1.14 bits per heavy atom. The van der Waals surface area contributed by atoms with Crippen molar-refractivity contribution in [3.05, 3.63) is 85.1 Å². The minimum Gasteiger partial charge on any atom is -0.394 e. The number of unbranched alkanes of at least 4 members (excludes halogenated alkanes) is 25. The quantitative estimate of drug-likeness (QED) is 0.0424. The number of nitrogens with one attached hydrogen (secondary N) is 1. The molecule has 4 heteroatoms. The first kappa shape index (κ1) is 55.6. The van der Waals surface area contributed by atoms with E-state index in [1.165, 1.54) is 148 Å². The maximum atomic E-state index is 12.3. The normalized spacial score (nSPS) is 13.7. The van der Waals surface area contributed by atoms with E-state index in [0.29, 0.717) is 6.42 Å². The van der Waals surface area contributed by atoms with Crippen molar-refractivity contribution in [2.45, 2.75) is 244 Å². The third-order valence-electron chi connectivity index (χ3n) is 10.9. The van der Waals surface area contributed by atoms with Gasteiger partial charge in [-0.2, -0.15) is 0 Å². The molecule has 0 aliphatic heterocycles. The van der Waals surface area contributed by atoms with Crippen molar-refractivity contribution in [2.75, 3.05) is 6.61 Å². The summed E-state index contributed by atoms with van der Waals surface area (Å²) in [5.74, 6) is -0.0687. The molecule has 0 saturated heterocycles. The van der Waals surface area contributed by atoms with Gasteiger partial charge in [-0.05, 0) is 70.6 Å². The number of amides is 1. The molecule has 1 amide bonds. The predicted octanol–water partition coefficient (Wildman–Crippen LogP) is 16.0. The van der Waals surface area contributed by atoms with Gasteiger partial charge in [-0.15, -0.1) is 0 Å². The average molecular weight is 806 g/mol. The minimum absolute atomic E-state index is 0.0687. The number of hydrogen-bond acceptors (Lipinski definition) is 3. The van der Waals surface area contributed by atoms with Crippen molar-refractivity contribution in [1.82, 2.24) is 5.32 Å². The Bertz CT molecular complexity index is 1050. The lowest BCUT2D eigenvalue weighted by atomic mass is 10.0. The fourth-order valence-corrected chi connectivity index (χ4v) is 7.12. The predicted molar refractivity (Wildman–Crippen MR) is 257 cm³/mol. The van der Waals surface area contributed by atoms with Crippen LogP contribution in [-0.4, -0.2) is 34.9 Å². The van der Waals surface area contributed by atoms with Crippen LogP contribution in [0.2, 0.25) is 0 Å². The third-order valence-corrected chi connectivity index (χ3v) is 10.9. The van der Waals surface area contributed by atoms with Gasteiger partial charge in [0, 0.05) is 6.42 Å². The molecule has 0 spiro atoms. The Kier molecular flexibility index (Phi) is 46.9. The van der Waals surface area contributed by atoms with Gasteiger partial charge in [-0.3, -0.25) is 4.79 Å². The Balaban J connectivity index is 3.42. The van der Waals surface area contributed by atoms with Gasteiger partial charge in [-0.1, -0.05) is 240 Å². The molecule has 0 aliphatic rings. The van der Waals surface area contributed by atoms with Crippen molar-refractivity contribution >= 4 is 5.91 Å². The second-order valence-corrected chi connectivity index (χ2v) is 16.5. The van der Waals surface area contributed by atoms with Crippen LogP contribution in [0.15, 0.2) is 85.1 Å². The zero-order chi connectivity index (χ0) is 42.1. The van der Waals surface area contributed by atoms with Gasteiger partial charge in [0.25, 0.3) is 0 Å². The number of carbonyl (C=O) groups is 1. The molecule has 0 saturated carbocycles. The summed E-state index contributed by atoms with van der Waals surface area (Å²) in [6.45, 7) is 4.13. The highest BCUT2D eigenvalue weighted by molar-refractivity contribution is 5.76. The van der Waals surface area contributed by atoms with Crippen molar-refractivity contribution in [1.29, 1.82) is 0 Å². The maximum absolute atomic E-state index is 12.3. The van der Waals surface area contributed by atoms with Crippen LogP contribution < -0.4 is 5.32 Å². The van der Waals surface area contributed by atoms with Crippen LogP contribution in [0, 0.1) is 0 Å². The monoisotopic (exact) mass is 806 g/mol. The van der Waals surface area contributed by atoms with Crippen LogP contribution in [0.25, 0.3) is 0 Å². The van der Waals surface area contributed by atoms with E-state index < -0.39 is 12.1 Å². The molecule has 2 unspecified atom stereocenters. The van der Waals surface area contributed by atoms with Gasteiger partial charge in [0.15, 0.2) is 0 Å². The Morgan fingerprint density at radius 2 is 0.759 bits per heavy atom. The van der Waals surface area contributed by atoms with Gasteiger partial charge >= 0.3 is 0 Å². The maximum Gasteiger partial charge on any atom is 0.220 e. The minimum atomic E-state index is -0.837. The highest BCUT2D eigenvalue weighted by atomic mass is 16.3. The molecule has 334 valence electrons. The molecule has 3 N–H and O–H groups in total. The van der Waals surface area contributed by atoms with E-state index in [4.69, 9.17) is 0 Å². The Labute approximate surface area is 361 Å². The Hall–Kier alpha value is -2.43. The number of hydrogen-bond donors (Lipinski definition) is 3. The SMILES string of the molecule is CC/C=C\C/C=C\C/C=C\C/C=C\C/C=C\C/C=C\CCCCCCCCCCCCCCCCCCCCCCC(=O)NC(CO)C(O)/C=C/CCCCCCC. The summed E-state index contributed by atoms with van der Waals surface area (Å²) in [5, 5.41) is 22.8. The zero-order valence-corrected chi connectivity index (χ0v) is 38.3. The molecule has 2 atom stereocenters. The standard InChI is InChI=1S/C54H95NO3/c1-3-5-7-9-11-12-13-14-15-16-17-18-19-20-21-22-23-24-25-26-27-28-29-30-31-32-33-34-35-36-37-38-39-40-41-42-44-46-48-50-54(58)55-52(51-56)53(57)49-47-45-43-10-8-6-4-2/h5,7,11-12,14-15,17-18,20-21,23-24,47,49,52-53,56-57H,3-4,6,8-10,13,16,19,22,25-46,48,50-51H2,1-2H3,(H,55,58)/b7-5-,12-11-,15-14-,18-17-,21-20-,24-23-,49-47+.